The molecule has 0 aliphatic carbocycles. The number of carbonyl (C=O) groups is 3. The Labute approximate surface area is 173 Å². The average molecular weight is 415 g/mol. The minimum Gasteiger partial charge on any atom is -0.535 e. The molecule has 1 N–H and O–H groups in total. The van der Waals surface area contributed by atoms with Gasteiger partial charge in [-0.1, -0.05) is 17.3 Å². The number of benzene rings is 1. The van der Waals surface area contributed by atoms with Crippen molar-refractivity contribution in [3.8, 4) is 5.75 Å². The first kappa shape index (κ1) is 21.6. The standard InChI is InChI=1S/C20H22BNO8/c1-20(2,3)19(25)28-11-27-18(24)14-6-4-5-12-9-13(21(26)29-17(12)14)10-15(23)16-7-8-22-30-16/h4-8,13,26H,9-11H2,1-3H3/t13-/m1/s1. The zero-order chi connectivity index (χ0) is 21.9. The Bertz CT molecular complexity index is 935. The zero-order valence-corrected chi connectivity index (χ0v) is 16.9. The van der Waals surface area contributed by atoms with E-state index < -0.39 is 37.1 Å². The summed E-state index contributed by atoms with van der Waals surface area (Å²) in [6.45, 7) is 4.52. The van der Waals surface area contributed by atoms with Crippen LogP contribution in [0.3, 0.4) is 0 Å². The van der Waals surface area contributed by atoms with Gasteiger partial charge >= 0.3 is 19.1 Å². The molecule has 0 radical (unpaired) electrons. The molecule has 1 aromatic carbocycles. The molecule has 1 aromatic heterocycles. The molecule has 158 valence electrons. The molecule has 0 saturated heterocycles. The number of nitrogens with zero attached hydrogens (tertiary/aromatic N) is 1. The highest BCUT2D eigenvalue weighted by molar-refractivity contribution is 6.47. The summed E-state index contributed by atoms with van der Waals surface area (Å²) in [5.41, 5.74) is 0.0270. The number of hydrogen-bond acceptors (Lipinski definition) is 9. The molecule has 0 fully saturated rings. The topological polar surface area (TPSA) is 125 Å². The van der Waals surface area contributed by atoms with Crippen LogP contribution in [0.4, 0.5) is 0 Å². The lowest BCUT2D eigenvalue weighted by atomic mass is 9.64. The molecule has 2 heterocycles. The van der Waals surface area contributed by atoms with Gasteiger partial charge in [-0.05, 0) is 38.8 Å². The SMILES string of the molecule is CC(C)(C)C(=O)OCOC(=O)c1cccc2c1OB(O)[C@@H](CC(=O)c1ccno1)C2. The van der Waals surface area contributed by atoms with E-state index in [1.165, 1.54) is 18.3 Å². The van der Waals surface area contributed by atoms with Crippen molar-refractivity contribution in [3.05, 3.63) is 47.3 Å². The van der Waals surface area contributed by atoms with Crippen LogP contribution in [0.2, 0.25) is 5.82 Å². The fourth-order valence-corrected chi connectivity index (χ4v) is 2.95. The van der Waals surface area contributed by atoms with E-state index in [1.807, 2.05) is 0 Å². The number of rotatable bonds is 6. The summed E-state index contributed by atoms with van der Waals surface area (Å²) >= 11 is 0. The Kier molecular flexibility index (Phi) is 6.26. The van der Waals surface area contributed by atoms with Gasteiger partial charge in [0, 0.05) is 18.3 Å². The summed E-state index contributed by atoms with van der Waals surface area (Å²) in [7, 11) is -1.29. The molecular weight excluding hydrogens is 393 g/mol. The van der Waals surface area contributed by atoms with E-state index in [1.54, 1.807) is 32.9 Å². The Balaban J connectivity index is 1.66. The fraction of sp³-hybridized carbons (Fsp3) is 0.400. The molecule has 0 spiro atoms. The summed E-state index contributed by atoms with van der Waals surface area (Å²) in [4.78, 5) is 36.4. The smallest absolute Gasteiger partial charge is 0.526 e. The zero-order valence-electron chi connectivity index (χ0n) is 16.9. The van der Waals surface area contributed by atoms with Crippen LogP contribution in [0.5, 0.6) is 5.75 Å². The van der Waals surface area contributed by atoms with Gasteiger partial charge in [0.25, 0.3) is 0 Å². The highest BCUT2D eigenvalue weighted by Crippen LogP contribution is 2.37. The number of aromatic nitrogens is 1. The first-order valence-electron chi connectivity index (χ1n) is 9.41. The van der Waals surface area contributed by atoms with Crippen molar-refractivity contribution in [1.29, 1.82) is 0 Å². The molecule has 1 aliphatic heterocycles. The predicted octanol–water partition coefficient (Wildman–Crippen LogP) is 2.44. The molecule has 9 nitrogen and oxygen atoms in total. The van der Waals surface area contributed by atoms with Crippen LogP contribution in [0.15, 0.2) is 35.0 Å². The number of fused-ring (bicyclic) bond motifs is 1. The quantitative estimate of drug-likeness (QED) is 0.328. The molecule has 30 heavy (non-hydrogen) atoms. The number of ketones is 1. The van der Waals surface area contributed by atoms with Crippen LogP contribution < -0.4 is 4.65 Å². The number of hydrogen-bond donors (Lipinski definition) is 1. The lowest BCUT2D eigenvalue weighted by molar-refractivity contribution is -0.161. The third kappa shape index (κ3) is 4.88. The Morgan fingerprint density at radius 1 is 1.23 bits per heavy atom. The first-order chi connectivity index (χ1) is 14.2. The summed E-state index contributed by atoms with van der Waals surface area (Å²) < 4.78 is 20.3. The van der Waals surface area contributed by atoms with Gasteiger partial charge in [0.1, 0.15) is 11.3 Å². The van der Waals surface area contributed by atoms with Gasteiger partial charge < -0.3 is 23.7 Å². The van der Waals surface area contributed by atoms with Crippen molar-refractivity contribution >= 4 is 24.8 Å². The van der Waals surface area contributed by atoms with Gasteiger partial charge in [0.2, 0.25) is 18.3 Å². The van der Waals surface area contributed by atoms with Gasteiger partial charge in [-0.15, -0.1) is 0 Å². The van der Waals surface area contributed by atoms with Gasteiger partial charge in [0.05, 0.1) is 11.6 Å². The molecule has 3 rings (SSSR count). The summed E-state index contributed by atoms with van der Waals surface area (Å²) in [6, 6.07) is 6.32. The monoisotopic (exact) mass is 415 g/mol. The molecule has 0 unspecified atom stereocenters. The van der Waals surface area contributed by atoms with E-state index in [2.05, 4.69) is 5.16 Å². The number of ether oxygens (including phenoxy) is 2. The Morgan fingerprint density at radius 2 is 2.00 bits per heavy atom. The lowest BCUT2D eigenvalue weighted by Gasteiger charge is -2.28. The average Bonchev–Trinajstić information content (AvgIpc) is 3.22. The van der Waals surface area contributed by atoms with Crippen LogP contribution in [0, 0.1) is 5.41 Å². The number of carbonyl (C=O) groups excluding carboxylic acids is 3. The lowest BCUT2D eigenvalue weighted by Crippen LogP contribution is -2.36. The van der Waals surface area contributed by atoms with Crippen molar-refractivity contribution in [2.24, 2.45) is 5.41 Å². The van der Waals surface area contributed by atoms with Crippen molar-refractivity contribution in [2.75, 3.05) is 6.79 Å². The summed E-state index contributed by atoms with van der Waals surface area (Å²) in [5.74, 6) is -1.79. The molecular formula is C20H22BNO8. The van der Waals surface area contributed by atoms with Crippen LogP contribution >= 0.6 is 0 Å². The van der Waals surface area contributed by atoms with E-state index in [0.29, 0.717) is 12.0 Å². The van der Waals surface area contributed by atoms with E-state index in [-0.39, 0.29) is 29.3 Å². The van der Waals surface area contributed by atoms with Crippen molar-refractivity contribution < 1.29 is 38.1 Å². The third-order valence-corrected chi connectivity index (χ3v) is 4.59. The maximum absolute atomic E-state index is 12.4. The largest absolute Gasteiger partial charge is 0.535 e. The van der Waals surface area contributed by atoms with E-state index in [9.17, 15) is 19.4 Å². The highest BCUT2D eigenvalue weighted by atomic mass is 16.7. The Morgan fingerprint density at radius 3 is 2.67 bits per heavy atom. The van der Waals surface area contributed by atoms with Crippen LogP contribution in [-0.4, -0.2) is 41.8 Å². The maximum Gasteiger partial charge on any atom is 0.526 e. The van der Waals surface area contributed by atoms with Crippen molar-refractivity contribution in [3.63, 3.8) is 0 Å². The van der Waals surface area contributed by atoms with Crippen molar-refractivity contribution in [2.45, 2.75) is 39.4 Å². The minimum atomic E-state index is -1.29. The summed E-state index contributed by atoms with van der Waals surface area (Å²) in [6.07, 6.45) is 1.68. The predicted molar refractivity (Wildman–Crippen MR) is 104 cm³/mol. The van der Waals surface area contributed by atoms with Gasteiger partial charge in [-0.3, -0.25) is 9.59 Å². The minimum absolute atomic E-state index is 0.00672. The van der Waals surface area contributed by atoms with Crippen molar-refractivity contribution in [1.82, 2.24) is 5.16 Å². The molecule has 0 saturated carbocycles. The fourth-order valence-electron chi connectivity index (χ4n) is 2.95. The second-order valence-corrected chi connectivity index (χ2v) is 8.00. The molecule has 1 atom stereocenters. The van der Waals surface area contributed by atoms with E-state index in [4.69, 9.17) is 18.7 Å². The molecule has 0 bridgehead atoms. The molecule has 1 aliphatic rings. The van der Waals surface area contributed by atoms with Crippen LogP contribution in [0.25, 0.3) is 0 Å². The van der Waals surface area contributed by atoms with Gasteiger partial charge in [-0.25, -0.2) is 4.79 Å². The maximum atomic E-state index is 12.4. The molecule has 0 amide bonds. The number of esters is 2. The normalized spacial score (nSPS) is 15.7. The number of Topliss-reactive ketones (excluding diaryl/α,β-unsaturated/α-hetero) is 1. The van der Waals surface area contributed by atoms with Crippen LogP contribution in [0.1, 0.15) is 53.7 Å². The van der Waals surface area contributed by atoms with E-state index >= 15 is 0 Å². The third-order valence-electron chi connectivity index (χ3n) is 4.59. The molecule has 2 aromatic rings. The second-order valence-electron chi connectivity index (χ2n) is 8.00. The van der Waals surface area contributed by atoms with E-state index in [0.717, 1.165) is 0 Å². The van der Waals surface area contributed by atoms with Gasteiger partial charge in [-0.2, -0.15) is 0 Å². The second kappa shape index (κ2) is 8.70. The first-order valence-corrected chi connectivity index (χ1v) is 9.41. The van der Waals surface area contributed by atoms with Gasteiger partial charge in [0.15, 0.2) is 0 Å². The summed E-state index contributed by atoms with van der Waals surface area (Å²) in [5, 5.41) is 13.9. The highest BCUT2D eigenvalue weighted by Gasteiger charge is 2.38. The Hall–Kier alpha value is -3.14. The number of para-hydroxylation sites is 1. The van der Waals surface area contributed by atoms with Crippen LogP contribution in [-0.2, 0) is 20.7 Å². The molecule has 10 heteroatoms.